The van der Waals surface area contributed by atoms with E-state index in [1.807, 2.05) is 22.4 Å². The smallest absolute Gasteiger partial charge is 0.257 e. The van der Waals surface area contributed by atoms with Gasteiger partial charge in [0.15, 0.2) is 0 Å². The maximum atomic E-state index is 12.5. The van der Waals surface area contributed by atoms with E-state index < -0.39 is 5.54 Å². The van der Waals surface area contributed by atoms with E-state index in [1.165, 1.54) is 11.3 Å². The molecule has 2 aromatic heterocycles. The molecule has 3 rings (SSSR count). The zero-order chi connectivity index (χ0) is 19.1. The molecule has 0 aromatic carbocycles. The minimum Gasteiger partial charge on any atom is -0.419 e. The number of ether oxygens (including phenoxy) is 1. The van der Waals surface area contributed by atoms with Crippen LogP contribution in [0.15, 0.2) is 21.9 Å². The van der Waals surface area contributed by atoms with Crippen molar-refractivity contribution in [3.63, 3.8) is 0 Å². The van der Waals surface area contributed by atoms with E-state index in [4.69, 9.17) is 9.15 Å². The molecule has 9 heteroatoms. The molecule has 144 valence electrons. The van der Waals surface area contributed by atoms with Gasteiger partial charge in [0.05, 0.1) is 30.6 Å². The van der Waals surface area contributed by atoms with Crippen LogP contribution in [-0.4, -0.2) is 53.3 Å². The SMILES string of the molecule is COCCN(CC(=O)NC1(C#N)CCCC1)Cc1nnc(-c2cccs2)o1. The summed E-state index contributed by atoms with van der Waals surface area (Å²) in [4.78, 5) is 15.3. The lowest BCUT2D eigenvalue weighted by molar-refractivity contribution is -0.123. The Bertz CT molecular complexity index is 777. The van der Waals surface area contributed by atoms with Crippen LogP contribution < -0.4 is 5.32 Å². The molecule has 0 saturated heterocycles. The van der Waals surface area contributed by atoms with Crippen LogP contribution in [-0.2, 0) is 16.1 Å². The van der Waals surface area contributed by atoms with Gasteiger partial charge in [-0.2, -0.15) is 5.26 Å². The first-order valence-corrected chi connectivity index (χ1v) is 9.82. The number of amides is 1. The van der Waals surface area contributed by atoms with E-state index in [0.717, 1.165) is 17.7 Å². The van der Waals surface area contributed by atoms with Gasteiger partial charge in [0, 0.05) is 13.7 Å². The van der Waals surface area contributed by atoms with Crippen LogP contribution in [0.2, 0.25) is 0 Å². The number of carbonyl (C=O) groups is 1. The van der Waals surface area contributed by atoms with Gasteiger partial charge in [-0.3, -0.25) is 9.69 Å². The zero-order valence-electron chi connectivity index (χ0n) is 15.3. The third kappa shape index (κ3) is 5.13. The van der Waals surface area contributed by atoms with E-state index in [-0.39, 0.29) is 12.5 Å². The molecule has 8 nitrogen and oxygen atoms in total. The lowest BCUT2D eigenvalue weighted by Crippen LogP contribution is -2.49. The van der Waals surface area contributed by atoms with Crippen molar-refractivity contribution in [3.05, 3.63) is 23.4 Å². The number of hydrogen-bond donors (Lipinski definition) is 1. The molecular weight excluding hydrogens is 366 g/mol. The molecule has 0 radical (unpaired) electrons. The molecule has 2 aromatic rings. The van der Waals surface area contributed by atoms with Crippen molar-refractivity contribution in [2.75, 3.05) is 26.8 Å². The van der Waals surface area contributed by atoms with Gasteiger partial charge in [0.2, 0.25) is 11.8 Å². The highest BCUT2D eigenvalue weighted by Gasteiger charge is 2.35. The fraction of sp³-hybridized carbons (Fsp3) is 0.556. The summed E-state index contributed by atoms with van der Waals surface area (Å²) in [5.74, 6) is 0.747. The Balaban J connectivity index is 1.61. The Morgan fingerprint density at radius 2 is 2.30 bits per heavy atom. The van der Waals surface area contributed by atoms with Gasteiger partial charge in [-0.15, -0.1) is 21.5 Å². The second-order valence-corrected chi connectivity index (χ2v) is 7.58. The number of nitrogens with one attached hydrogen (secondary N) is 1. The number of hydrogen-bond acceptors (Lipinski definition) is 8. The van der Waals surface area contributed by atoms with Crippen molar-refractivity contribution in [3.8, 4) is 16.8 Å². The number of nitrogens with zero attached hydrogens (tertiary/aromatic N) is 4. The van der Waals surface area contributed by atoms with E-state index in [1.54, 1.807) is 7.11 Å². The molecular formula is C18H23N5O3S. The van der Waals surface area contributed by atoms with Crippen LogP contribution in [0.5, 0.6) is 0 Å². The lowest BCUT2D eigenvalue weighted by Gasteiger charge is -2.25. The molecule has 1 N–H and O–H groups in total. The maximum absolute atomic E-state index is 12.5. The standard InChI is InChI=1S/C18H23N5O3S/c1-25-9-8-23(11-15(24)20-18(13-19)6-2-3-7-18)12-16-21-22-17(26-16)14-5-4-10-27-14/h4-5,10H,2-3,6-9,11-12H2,1H3,(H,20,24). The molecule has 1 aliphatic carbocycles. The second kappa shape index (κ2) is 9.08. The average molecular weight is 389 g/mol. The molecule has 0 atom stereocenters. The van der Waals surface area contributed by atoms with Gasteiger partial charge in [0.25, 0.3) is 5.89 Å². The molecule has 2 heterocycles. The number of rotatable bonds is 9. The predicted octanol–water partition coefficient (Wildman–Crippen LogP) is 2.20. The normalized spacial score (nSPS) is 15.7. The minimum absolute atomic E-state index is 0.142. The Labute approximate surface area is 162 Å². The first kappa shape index (κ1) is 19.5. The molecule has 1 saturated carbocycles. The summed E-state index contributed by atoms with van der Waals surface area (Å²) in [7, 11) is 1.61. The highest BCUT2D eigenvalue weighted by atomic mass is 32.1. The summed E-state index contributed by atoms with van der Waals surface area (Å²) in [6.07, 6.45) is 3.35. The highest BCUT2D eigenvalue weighted by Crippen LogP contribution is 2.28. The summed E-state index contributed by atoms with van der Waals surface area (Å²) >= 11 is 1.53. The summed E-state index contributed by atoms with van der Waals surface area (Å²) in [5.41, 5.74) is -0.721. The van der Waals surface area contributed by atoms with Crippen LogP contribution in [0.3, 0.4) is 0 Å². The monoisotopic (exact) mass is 389 g/mol. The molecule has 27 heavy (non-hydrogen) atoms. The zero-order valence-corrected chi connectivity index (χ0v) is 16.1. The topological polar surface area (TPSA) is 104 Å². The Hall–Kier alpha value is -2.28. The molecule has 0 bridgehead atoms. The largest absolute Gasteiger partial charge is 0.419 e. The van der Waals surface area contributed by atoms with Crippen molar-refractivity contribution < 1.29 is 13.9 Å². The fourth-order valence-electron chi connectivity index (χ4n) is 3.20. The fourth-order valence-corrected chi connectivity index (χ4v) is 3.84. The Morgan fingerprint density at radius 1 is 1.48 bits per heavy atom. The van der Waals surface area contributed by atoms with Crippen LogP contribution in [0.4, 0.5) is 0 Å². The van der Waals surface area contributed by atoms with Gasteiger partial charge >= 0.3 is 0 Å². The van der Waals surface area contributed by atoms with Crippen LogP contribution in [0, 0.1) is 11.3 Å². The molecule has 0 unspecified atom stereocenters. The van der Waals surface area contributed by atoms with E-state index in [2.05, 4.69) is 21.6 Å². The number of aromatic nitrogens is 2. The number of methoxy groups -OCH3 is 1. The summed E-state index contributed by atoms with van der Waals surface area (Å²) in [6.45, 7) is 1.50. The van der Waals surface area contributed by atoms with Crippen molar-refractivity contribution in [1.29, 1.82) is 5.26 Å². The van der Waals surface area contributed by atoms with E-state index >= 15 is 0 Å². The van der Waals surface area contributed by atoms with Gasteiger partial charge in [-0.25, -0.2) is 0 Å². The molecule has 1 aliphatic rings. The van der Waals surface area contributed by atoms with Gasteiger partial charge in [-0.05, 0) is 37.1 Å². The van der Waals surface area contributed by atoms with Gasteiger partial charge < -0.3 is 14.5 Å². The summed E-state index contributed by atoms with van der Waals surface area (Å²) < 4.78 is 10.9. The summed E-state index contributed by atoms with van der Waals surface area (Å²) in [6, 6.07) is 6.12. The van der Waals surface area contributed by atoms with Crippen molar-refractivity contribution in [1.82, 2.24) is 20.4 Å². The Morgan fingerprint density at radius 3 is 2.96 bits per heavy atom. The predicted molar refractivity (Wildman–Crippen MR) is 99.7 cm³/mol. The van der Waals surface area contributed by atoms with Crippen LogP contribution >= 0.6 is 11.3 Å². The van der Waals surface area contributed by atoms with E-state index in [0.29, 0.717) is 44.3 Å². The molecule has 0 spiro atoms. The van der Waals surface area contributed by atoms with Crippen molar-refractivity contribution >= 4 is 17.2 Å². The van der Waals surface area contributed by atoms with E-state index in [9.17, 15) is 10.1 Å². The quantitative estimate of drug-likeness (QED) is 0.701. The van der Waals surface area contributed by atoms with Crippen molar-refractivity contribution in [2.24, 2.45) is 0 Å². The highest BCUT2D eigenvalue weighted by molar-refractivity contribution is 7.13. The number of carbonyl (C=O) groups excluding carboxylic acids is 1. The van der Waals surface area contributed by atoms with Crippen LogP contribution in [0.1, 0.15) is 31.6 Å². The third-order valence-corrected chi connectivity index (χ3v) is 5.44. The Kier molecular flexibility index (Phi) is 6.55. The number of thiophene rings is 1. The third-order valence-electron chi connectivity index (χ3n) is 4.59. The first-order chi connectivity index (χ1) is 13.1. The minimum atomic E-state index is -0.721. The van der Waals surface area contributed by atoms with Crippen molar-refractivity contribution in [2.45, 2.75) is 37.8 Å². The lowest BCUT2D eigenvalue weighted by atomic mass is 10.00. The van der Waals surface area contributed by atoms with Gasteiger partial charge in [0.1, 0.15) is 5.54 Å². The molecule has 1 amide bonds. The number of nitriles is 1. The summed E-state index contributed by atoms with van der Waals surface area (Å²) in [5, 5.41) is 22.5. The van der Waals surface area contributed by atoms with Crippen LogP contribution in [0.25, 0.3) is 10.8 Å². The molecule has 0 aliphatic heterocycles. The first-order valence-electron chi connectivity index (χ1n) is 8.94. The maximum Gasteiger partial charge on any atom is 0.257 e. The molecule has 1 fully saturated rings. The van der Waals surface area contributed by atoms with Gasteiger partial charge in [-0.1, -0.05) is 6.07 Å². The second-order valence-electron chi connectivity index (χ2n) is 6.63. The average Bonchev–Trinajstić information content (AvgIpc) is 3.41.